The first kappa shape index (κ1) is 19.0. The largest absolute Gasteiger partial charge is 0.465 e. The summed E-state index contributed by atoms with van der Waals surface area (Å²) in [5.41, 5.74) is 4.51. The van der Waals surface area contributed by atoms with Crippen molar-refractivity contribution in [2.75, 3.05) is 6.61 Å². The van der Waals surface area contributed by atoms with Crippen LogP contribution < -0.4 is 4.80 Å². The molecule has 0 fully saturated rings. The molecule has 6 heteroatoms. The lowest BCUT2D eigenvalue weighted by molar-refractivity contribution is -0.143. The number of fused-ring (bicyclic) bond motifs is 1. The van der Waals surface area contributed by atoms with Gasteiger partial charge in [-0.1, -0.05) is 35.6 Å². The average molecular weight is 382 g/mol. The molecule has 0 saturated carbocycles. The van der Waals surface area contributed by atoms with Crippen LogP contribution in [-0.2, 0) is 16.1 Å². The number of ether oxygens (including phenoxy) is 1. The Morgan fingerprint density at radius 1 is 1.11 bits per heavy atom. The molecular weight excluding hydrogens is 360 g/mol. The van der Waals surface area contributed by atoms with Crippen molar-refractivity contribution >= 4 is 33.4 Å². The number of aromatic nitrogens is 1. The van der Waals surface area contributed by atoms with Crippen molar-refractivity contribution in [3.05, 3.63) is 63.5 Å². The molecular formula is C21H22N2O3S. The molecule has 3 rings (SSSR count). The summed E-state index contributed by atoms with van der Waals surface area (Å²) in [5, 5.41) is 0. The standard InChI is InChI=1S/C21H22N2O3S/c1-5-26-18(24)12-23-19-15(4)10-13(2)11-17(19)27-21(23)22-20(25)16-9-7-6-8-14(16)3/h6-11H,5,12H2,1-4H3. The lowest BCUT2D eigenvalue weighted by Gasteiger charge is -2.07. The van der Waals surface area contributed by atoms with Gasteiger partial charge >= 0.3 is 5.97 Å². The molecule has 1 amide bonds. The van der Waals surface area contributed by atoms with E-state index in [1.807, 2.05) is 45.0 Å². The highest BCUT2D eigenvalue weighted by atomic mass is 32.1. The van der Waals surface area contributed by atoms with E-state index in [0.29, 0.717) is 17.0 Å². The maximum absolute atomic E-state index is 12.7. The fraction of sp³-hybridized carbons (Fsp3) is 0.286. The maximum atomic E-state index is 12.7. The summed E-state index contributed by atoms with van der Waals surface area (Å²) in [6, 6.07) is 11.5. The van der Waals surface area contributed by atoms with Gasteiger partial charge in [0.2, 0.25) is 0 Å². The van der Waals surface area contributed by atoms with Crippen LogP contribution in [0.1, 0.15) is 34.0 Å². The van der Waals surface area contributed by atoms with E-state index >= 15 is 0 Å². The Kier molecular flexibility index (Phi) is 5.56. The number of rotatable bonds is 4. The first-order valence-electron chi connectivity index (χ1n) is 8.81. The van der Waals surface area contributed by atoms with Crippen molar-refractivity contribution in [2.24, 2.45) is 4.99 Å². The van der Waals surface area contributed by atoms with Gasteiger partial charge in [-0.2, -0.15) is 4.99 Å². The fourth-order valence-corrected chi connectivity index (χ4v) is 4.32. The van der Waals surface area contributed by atoms with Crippen LogP contribution in [0.25, 0.3) is 10.2 Å². The predicted octanol–water partition coefficient (Wildman–Crippen LogP) is 3.93. The van der Waals surface area contributed by atoms with E-state index in [0.717, 1.165) is 26.9 Å². The average Bonchev–Trinajstić information content (AvgIpc) is 2.92. The Labute approximate surface area is 161 Å². The molecule has 0 aliphatic heterocycles. The van der Waals surface area contributed by atoms with Crippen molar-refractivity contribution in [1.82, 2.24) is 4.57 Å². The van der Waals surface area contributed by atoms with Gasteiger partial charge in [0.1, 0.15) is 6.54 Å². The molecule has 27 heavy (non-hydrogen) atoms. The number of aryl methyl sites for hydroxylation is 3. The van der Waals surface area contributed by atoms with E-state index in [1.54, 1.807) is 17.6 Å². The molecule has 0 unspecified atom stereocenters. The number of carbonyl (C=O) groups excluding carboxylic acids is 2. The number of hydrogen-bond donors (Lipinski definition) is 0. The molecule has 140 valence electrons. The third kappa shape index (κ3) is 4.01. The Morgan fingerprint density at radius 2 is 1.85 bits per heavy atom. The number of benzene rings is 2. The third-order valence-corrected chi connectivity index (χ3v) is 5.30. The van der Waals surface area contributed by atoms with Gasteiger partial charge < -0.3 is 9.30 Å². The van der Waals surface area contributed by atoms with Crippen LogP contribution in [0, 0.1) is 20.8 Å². The van der Waals surface area contributed by atoms with Crippen molar-refractivity contribution in [1.29, 1.82) is 0 Å². The third-order valence-electron chi connectivity index (χ3n) is 4.28. The second-order valence-corrected chi connectivity index (χ2v) is 7.45. The highest BCUT2D eigenvalue weighted by Crippen LogP contribution is 2.23. The molecule has 0 bridgehead atoms. The SMILES string of the molecule is CCOC(=O)Cn1c(=NC(=O)c2ccccc2C)sc2cc(C)cc(C)c21. The fourth-order valence-electron chi connectivity index (χ4n) is 3.12. The molecule has 0 radical (unpaired) electrons. The topological polar surface area (TPSA) is 60.7 Å². The summed E-state index contributed by atoms with van der Waals surface area (Å²) in [6.07, 6.45) is 0. The molecule has 0 N–H and O–H groups in total. The van der Waals surface area contributed by atoms with E-state index in [2.05, 4.69) is 11.1 Å². The zero-order valence-corrected chi connectivity index (χ0v) is 16.7. The first-order chi connectivity index (χ1) is 12.9. The molecule has 0 atom stereocenters. The van der Waals surface area contributed by atoms with Crippen LogP contribution in [0.5, 0.6) is 0 Å². The number of amides is 1. The van der Waals surface area contributed by atoms with Gasteiger partial charge in [0.05, 0.1) is 16.8 Å². The van der Waals surface area contributed by atoms with Crippen LogP contribution in [0.4, 0.5) is 0 Å². The van der Waals surface area contributed by atoms with Crippen LogP contribution >= 0.6 is 11.3 Å². The second kappa shape index (κ2) is 7.88. The summed E-state index contributed by atoms with van der Waals surface area (Å²) in [5.74, 6) is -0.659. The van der Waals surface area contributed by atoms with Gasteiger partial charge in [0, 0.05) is 5.56 Å². The molecule has 3 aromatic rings. The number of thiazole rings is 1. The Morgan fingerprint density at radius 3 is 2.56 bits per heavy atom. The Hall–Kier alpha value is -2.73. The first-order valence-corrected chi connectivity index (χ1v) is 9.63. The van der Waals surface area contributed by atoms with E-state index in [1.165, 1.54) is 11.3 Å². The number of esters is 1. The molecule has 5 nitrogen and oxygen atoms in total. The molecule has 0 aliphatic rings. The van der Waals surface area contributed by atoms with Crippen molar-refractivity contribution in [2.45, 2.75) is 34.2 Å². The minimum absolute atomic E-state index is 0.0254. The number of hydrogen-bond acceptors (Lipinski definition) is 4. The van der Waals surface area contributed by atoms with Gasteiger partial charge in [0.15, 0.2) is 4.80 Å². The smallest absolute Gasteiger partial charge is 0.326 e. The van der Waals surface area contributed by atoms with E-state index < -0.39 is 0 Å². The summed E-state index contributed by atoms with van der Waals surface area (Å²) < 4.78 is 7.88. The second-order valence-electron chi connectivity index (χ2n) is 6.44. The highest BCUT2D eigenvalue weighted by Gasteiger charge is 2.15. The summed E-state index contributed by atoms with van der Waals surface area (Å²) in [6.45, 7) is 8.02. The van der Waals surface area contributed by atoms with Crippen LogP contribution in [-0.4, -0.2) is 23.1 Å². The number of nitrogens with zero attached hydrogens (tertiary/aromatic N) is 2. The molecule has 0 saturated heterocycles. The zero-order chi connectivity index (χ0) is 19.6. The minimum Gasteiger partial charge on any atom is -0.465 e. The van der Waals surface area contributed by atoms with Gasteiger partial charge in [-0.25, -0.2) is 0 Å². The summed E-state index contributed by atoms with van der Waals surface area (Å²) in [7, 11) is 0. The van der Waals surface area contributed by atoms with Crippen LogP contribution in [0.3, 0.4) is 0 Å². The quantitative estimate of drug-likeness (QED) is 0.642. The molecule has 1 aromatic heterocycles. The van der Waals surface area contributed by atoms with E-state index in [4.69, 9.17) is 4.74 Å². The molecule has 0 spiro atoms. The normalized spacial score (nSPS) is 11.8. The molecule has 2 aromatic carbocycles. The maximum Gasteiger partial charge on any atom is 0.326 e. The Bertz CT molecular complexity index is 1090. The van der Waals surface area contributed by atoms with Gasteiger partial charge in [-0.05, 0) is 56.5 Å². The number of carbonyl (C=O) groups is 2. The Balaban J connectivity index is 2.19. The lowest BCUT2D eigenvalue weighted by atomic mass is 10.1. The lowest BCUT2D eigenvalue weighted by Crippen LogP contribution is -2.23. The van der Waals surface area contributed by atoms with Gasteiger partial charge in [0.25, 0.3) is 5.91 Å². The highest BCUT2D eigenvalue weighted by molar-refractivity contribution is 7.16. The van der Waals surface area contributed by atoms with Crippen LogP contribution in [0.15, 0.2) is 41.4 Å². The van der Waals surface area contributed by atoms with Crippen molar-refractivity contribution < 1.29 is 14.3 Å². The monoisotopic (exact) mass is 382 g/mol. The van der Waals surface area contributed by atoms with E-state index in [-0.39, 0.29) is 18.4 Å². The van der Waals surface area contributed by atoms with Crippen LogP contribution in [0.2, 0.25) is 0 Å². The molecule has 1 heterocycles. The molecule has 0 aliphatic carbocycles. The van der Waals surface area contributed by atoms with Crippen molar-refractivity contribution in [3.63, 3.8) is 0 Å². The van der Waals surface area contributed by atoms with E-state index in [9.17, 15) is 9.59 Å². The summed E-state index contributed by atoms with van der Waals surface area (Å²) >= 11 is 1.41. The minimum atomic E-state index is -0.345. The summed E-state index contributed by atoms with van der Waals surface area (Å²) in [4.78, 5) is 29.7. The van der Waals surface area contributed by atoms with Crippen molar-refractivity contribution in [3.8, 4) is 0 Å². The van der Waals surface area contributed by atoms with Gasteiger partial charge in [-0.15, -0.1) is 0 Å². The predicted molar refractivity (Wildman–Crippen MR) is 107 cm³/mol. The van der Waals surface area contributed by atoms with Gasteiger partial charge in [-0.3, -0.25) is 9.59 Å². The zero-order valence-electron chi connectivity index (χ0n) is 15.9.